The molecule has 0 unspecified atom stereocenters. The standard InChI is InChI=1S/C25H23Cl2N3O/c1-16-28-22-14-18(24(31)29-25(2,3)19-7-5-4-6-8-19)10-12-23(22)30(16)15-17-9-11-20(26)21(27)13-17/h4-14H,15H2,1-3H3,(H,29,31). The van der Waals surface area contributed by atoms with Gasteiger partial charge in [0.1, 0.15) is 5.82 Å². The number of fused-ring (bicyclic) bond motifs is 1. The van der Waals surface area contributed by atoms with Crippen LogP contribution in [0.15, 0.2) is 66.7 Å². The average molecular weight is 452 g/mol. The molecule has 1 amide bonds. The lowest BCUT2D eigenvalue weighted by atomic mass is 9.94. The Hall–Kier alpha value is -2.82. The number of amides is 1. The first-order valence-electron chi connectivity index (χ1n) is 10.0. The third-order valence-corrected chi connectivity index (χ3v) is 6.19. The highest BCUT2D eigenvalue weighted by Gasteiger charge is 2.23. The molecule has 0 aliphatic carbocycles. The minimum Gasteiger partial charge on any atom is -0.343 e. The molecular weight excluding hydrogens is 429 g/mol. The Morgan fingerprint density at radius 1 is 1.00 bits per heavy atom. The number of benzene rings is 3. The summed E-state index contributed by atoms with van der Waals surface area (Å²) >= 11 is 12.2. The summed E-state index contributed by atoms with van der Waals surface area (Å²) in [6.07, 6.45) is 0. The topological polar surface area (TPSA) is 46.9 Å². The zero-order valence-electron chi connectivity index (χ0n) is 17.6. The predicted molar refractivity (Wildman–Crippen MR) is 127 cm³/mol. The van der Waals surface area contributed by atoms with Gasteiger partial charge in [0, 0.05) is 12.1 Å². The van der Waals surface area contributed by atoms with Gasteiger partial charge >= 0.3 is 0 Å². The zero-order chi connectivity index (χ0) is 22.2. The van der Waals surface area contributed by atoms with Crippen molar-refractivity contribution in [3.05, 3.63) is 99.3 Å². The van der Waals surface area contributed by atoms with Gasteiger partial charge in [-0.25, -0.2) is 4.98 Å². The maximum Gasteiger partial charge on any atom is 0.252 e. The highest BCUT2D eigenvalue weighted by molar-refractivity contribution is 6.42. The molecule has 6 heteroatoms. The summed E-state index contributed by atoms with van der Waals surface area (Å²) in [7, 11) is 0. The van der Waals surface area contributed by atoms with Crippen LogP contribution in [0.5, 0.6) is 0 Å². The van der Waals surface area contributed by atoms with E-state index in [2.05, 4.69) is 14.9 Å². The van der Waals surface area contributed by atoms with E-state index in [-0.39, 0.29) is 5.91 Å². The molecule has 0 atom stereocenters. The number of imidazole rings is 1. The minimum absolute atomic E-state index is 0.132. The molecule has 1 N–H and O–H groups in total. The molecule has 0 bridgehead atoms. The van der Waals surface area contributed by atoms with Crippen molar-refractivity contribution < 1.29 is 4.79 Å². The molecule has 0 saturated carbocycles. The molecule has 0 radical (unpaired) electrons. The van der Waals surface area contributed by atoms with Crippen LogP contribution in [0.2, 0.25) is 10.0 Å². The first-order chi connectivity index (χ1) is 14.7. The molecule has 0 saturated heterocycles. The van der Waals surface area contributed by atoms with Gasteiger partial charge in [-0.15, -0.1) is 0 Å². The van der Waals surface area contributed by atoms with Gasteiger partial charge in [0.05, 0.1) is 26.6 Å². The first-order valence-corrected chi connectivity index (χ1v) is 10.8. The van der Waals surface area contributed by atoms with Crippen molar-refractivity contribution >= 4 is 40.1 Å². The molecule has 158 valence electrons. The van der Waals surface area contributed by atoms with E-state index >= 15 is 0 Å². The van der Waals surface area contributed by atoms with E-state index in [9.17, 15) is 4.79 Å². The van der Waals surface area contributed by atoms with Crippen molar-refractivity contribution in [2.45, 2.75) is 32.9 Å². The number of aromatic nitrogens is 2. The summed E-state index contributed by atoms with van der Waals surface area (Å²) in [5.74, 6) is 0.732. The molecule has 0 spiro atoms. The predicted octanol–water partition coefficient (Wildman–Crippen LogP) is 6.36. The van der Waals surface area contributed by atoms with E-state index in [4.69, 9.17) is 23.2 Å². The lowest BCUT2D eigenvalue weighted by molar-refractivity contribution is 0.0912. The van der Waals surface area contributed by atoms with Gasteiger partial charge in [0.15, 0.2) is 0 Å². The number of hydrogen-bond acceptors (Lipinski definition) is 2. The second-order valence-corrected chi connectivity index (χ2v) is 8.96. The largest absolute Gasteiger partial charge is 0.343 e. The molecule has 0 fully saturated rings. The van der Waals surface area contributed by atoms with Crippen LogP contribution >= 0.6 is 23.2 Å². The second-order valence-electron chi connectivity index (χ2n) is 8.14. The van der Waals surface area contributed by atoms with Crippen molar-refractivity contribution in [2.75, 3.05) is 0 Å². The first kappa shape index (κ1) is 21.4. The van der Waals surface area contributed by atoms with E-state index in [1.54, 1.807) is 6.07 Å². The Morgan fingerprint density at radius 2 is 1.74 bits per heavy atom. The van der Waals surface area contributed by atoms with Crippen LogP contribution in [0, 0.1) is 6.92 Å². The van der Waals surface area contributed by atoms with Gasteiger partial charge in [0.2, 0.25) is 0 Å². The molecule has 0 aliphatic heterocycles. The molecule has 0 aliphatic rings. The Balaban J connectivity index is 1.60. The van der Waals surface area contributed by atoms with E-state index in [0.717, 1.165) is 28.0 Å². The number of hydrogen-bond donors (Lipinski definition) is 1. The molecule has 3 aromatic carbocycles. The summed E-state index contributed by atoms with van der Waals surface area (Å²) in [4.78, 5) is 17.6. The van der Waals surface area contributed by atoms with E-state index in [0.29, 0.717) is 22.2 Å². The van der Waals surface area contributed by atoms with Crippen LogP contribution in [-0.4, -0.2) is 15.5 Å². The van der Waals surface area contributed by atoms with Crippen LogP contribution in [0.1, 0.15) is 41.2 Å². The summed E-state index contributed by atoms with van der Waals surface area (Å²) in [6, 6.07) is 21.2. The van der Waals surface area contributed by atoms with Crippen molar-refractivity contribution in [1.82, 2.24) is 14.9 Å². The summed E-state index contributed by atoms with van der Waals surface area (Å²) in [5, 5.41) is 4.19. The van der Waals surface area contributed by atoms with Crippen LogP contribution in [0.3, 0.4) is 0 Å². The van der Waals surface area contributed by atoms with Crippen LogP contribution in [0.4, 0.5) is 0 Å². The van der Waals surface area contributed by atoms with Gasteiger partial charge in [-0.05, 0) is 62.2 Å². The Labute approximate surface area is 191 Å². The van der Waals surface area contributed by atoms with Crippen molar-refractivity contribution in [3.63, 3.8) is 0 Å². The van der Waals surface area contributed by atoms with Crippen LogP contribution in [0.25, 0.3) is 11.0 Å². The zero-order valence-corrected chi connectivity index (χ0v) is 19.1. The molecule has 4 nitrogen and oxygen atoms in total. The van der Waals surface area contributed by atoms with Crippen LogP contribution in [-0.2, 0) is 12.1 Å². The summed E-state index contributed by atoms with van der Waals surface area (Å²) in [5.41, 5.74) is 3.91. The fourth-order valence-corrected chi connectivity index (χ4v) is 4.02. The molecule has 4 aromatic rings. The number of nitrogens with one attached hydrogen (secondary N) is 1. The Bertz CT molecular complexity index is 1260. The Morgan fingerprint density at radius 3 is 2.45 bits per heavy atom. The number of aryl methyl sites for hydroxylation is 1. The maximum absolute atomic E-state index is 13.0. The van der Waals surface area contributed by atoms with Gasteiger partial charge in [0.25, 0.3) is 5.91 Å². The third kappa shape index (κ3) is 4.46. The highest BCUT2D eigenvalue weighted by atomic mass is 35.5. The molecule has 1 aromatic heterocycles. The number of carbonyl (C=O) groups is 1. The van der Waals surface area contributed by atoms with Gasteiger partial charge < -0.3 is 9.88 Å². The van der Waals surface area contributed by atoms with Gasteiger partial charge in [-0.1, -0.05) is 59.6 Å². The summed E-state index contributed by atoms with van der Waals surface area (Å²) in [6.45, 7) is 6.56. The second kappa shape index (κ2) is 8.37. The molecule has 31 heavy (non-hydrogen) atoms. The lowest BCUT2D eigenvalue weighted by Gasteiger charge is -2.27. The maximum atomic E-state index is 13.0. The number of nitrogens with zero attached hydrogens (tertiary/aromatic N) is 2. The molecule has 4 rings (SSSR count). The number of halogens is 2. The fourth-order valence-electron chi connectivity index (χ4n) is 3.69. The van der Waals surface area contributed by atoms with E-state index in [1.807, 2.05) is 81.4 Å². The minimum atomic E-state index is -0.490. The van der Waals surface area contributed by atoms with Gasteiger partial charge in [-0.3, -0.25) is 4.79 Å². The fraction of sp³-hybridized carbons (Fsp3) is 0.200. The Kier molecular flexibility index (Phi) is 5.78. The smallest absolute Gasteiger partial charge is 0.252 e. The van der Waals surface area contributed by atoms with Gasteiger partial charge in [-0.2, -0.15) is 0 Å². The van der Waals surface area contributed by atoms with Crippen LogP contribution < -0.4 is 5.32 Å². The quantitative estimate of drug-likeness (QED) is 0.383. The normalized spacial score (nSPS) is 11.6. The third-order valence-electron chi connectivity index (χ3n) is 5.45. The van der Waals surface area contributed by atoms with E-state index in [1.165, 1.54) is 0 Å². The number of rotatable bonds is 5. The lowest BCUT2D eigenvalue weighted by Crippen LogP contribution is -2.40. The molecule has 1 heterocycles. The summed E-state index contributed by atoms with van der Waals surface area (Å²) < 4.78 is 2.10. The van der Waals surface area contributed by atoms with Crippen molar-refractivity contribution in [3.8, 4) is 0 Å². The van der Waals surface area contributed by atoms with Crippen molar-refractivity contribution in [1.29, 1.82) is 0 Å². The number of carbonyl (C=O) groups excluding carboxylic acids is 1. The van der Waals surface area contributed by atoms with E-state index < -0.39 is 5.54 Å². The SMILES string of the molecule is Cc1nc2cc(C(=O)NC(C)(C)c3ccccc3)ccc2n1Cc1ccc(Cl)c(Cl)c1. The highest BCUT2D eigenvalue weighted by Crippen LogP contribution is 2.25. The molecular formula is C25H23Cl2N3O. The monoisotopic (exact) mass is 451 g/mol. The van der Waals surface area contributed by atoms with Crippen molar-refractivity contribution in [2.24, 2.45) is 0 Å². The average Bonchev–Trinajstić information content (AvgIpc) is 3.05.